The van der Waals surface area contributed by atoms with Crippen LogP contribution in [0.4, 0.5) is 10.1 Å². The van der Waals surface area contributed by atoms with Crippen LogP contribution in [0.25, 0.3) is 0 Å². The Bertz CT molecular complexity index is 888. The lowest BCUT2D eigenvalue weighted by Crippen LogP contribution is -2.33. The number of methoxy groups -OCH3 is 1. The zero-order chi connectivity index (χ0) is 19.6. The second-order valence-corrected chi connectivity index (χ2v) is 6.90. The molecule has 1 aliphatic rings. The van der Waals surface area contributed by atoms with Crippen LogP contribution in [0.15, 0.2) is 36.4 Å². The number of hydrogen-bond donors (Lipinski definition) is 1. The van der Waals surface area contributed by atoms with Gasteiger partial charge in [0.2, 0.25) is 11.8 Å². The molecule has 2 aromatic carbocycles. The summed E-state index contributed by atoms with van der Waals surface area (Å²) in [6.45, 7) is 2.16. The van der Waals surface area contributed by atoms with Gasteiger partial charge in [0.25, 0.3) is 0 Å². The lowest BCUT2D eigenvalue weighted by Gasteiger charge is -2.20. The first kappa shape index (κ1) is 19.2. The second-order valence-electron chi connectivity index (χ2n) is 6.49. The maximum absolute atomic E-state index is 13.7. The number of nitrogens with one attached hydrogen (secondary N) is 1. The van der Waals surface area contributed by atoms with Crippen molar-refractivity contribution < 1.29 is 18.7 Å². The van der Waals surface area contributed by atoms with Crippen molar-refractivity contribution in [1.29, 1.82) is 0 Å². The summed E-state index contributed by atoms with van der Waals surface area (Å²) in [5.74, 6) is -0.848. The van der Waals surface area contributed by atoms with E-state index in [9.17, 15) is 14.0 Å². The van der Waals surface area contributed by atoms with Crippen LogP contribution in [0.1, 0.15) is 17.5 Å². The van der Waals surface area contributed by atoms with E-state index in [1.807, 2.05) is 6.92 Å². The molecule has 142 valence electrons. The summed E-state index contributed by atoms with van der Waals surface area (Å²) in [6.07, 6.45) is 0.0912. The first-order valence-corrected chi connectivity index (χ1v) is 8.94. The fourth-order valence-corrected chi connectivity index (χ4v) is 3.26. The molecule has 2 amide bonds. The van der Waals surface area contributed by atoms with Crippen LogP contribution in [-0.4, -0.2) is 25.5 Å². The van der Waals surface area contributed by atoms with E-state index in [1.54, 1.807) is 30.3 Å². The quantitative estimate of drug-likeness (QED) is 0.850. The summed E-state index contributed by atoms with van der Waals surface area (Å²) in [6, 6.07) is 9.69. The smallest absolute Gasteiger partial charge is 0.227 e. The average Bonchev–Trinajstić information content (AvgIpc) is 3.04. The summed E-state index contributed by atoms with van der Waals surface area (Å²) in [5, 5.41) is 3.26. The number of amides is 2. The zero-order valence-corrected chi connectivity index (χ0v) is 15.8. The van der Waals surface area contributed by atoms with Crippen molar-refractivity contribution in [3.8, 4) is 5.75 Å². The van der Waals surface area contributed by atoms with Gasteiger partial charge in [-0.1, -0.05) is 29.8 Å². The number of benzene rings is 2. The molecule has 0 bridgehead atoms. The second kappa shape index (κ2) is 7.96. The summed E-state index contributed by atoms with van der Waals surface area (Å²) in [5.41, 5.74) is 1.81. The SMILES string of the molecule is COc1cc(Cl)c(C)cc1N1CC(C(=O)NCc2ccccc2F)CC1=O. The predicted octanol–water partition coefficient (Wildman–Crippen LogP) is 3.47. The van der Waals surface area contributed by atoms with E-state index < -0.39 is 5.92 Å². The molecule has 0 aromatic heterocycles. The van der Waals surface area contributed by atoms with Gasteiger partial charge in [-0.15, -0.1) is 0 Å². The molecule has 0 aliphatic carbocycles. The molecule has 1 unspecified atom stereocenters. The number of nitrogens with zero attached hydrogens (tertiary/aromatic N) is 1. The number of halogens is 2. The molecule has 7 heteroatoms. The third kappa shape index (κ3) is 4.06. The number of anilines is 1. The lowest BCUT2D eigenvalue weighted by atomic mass is 10.1. The molecule has 3 rings (SSSR count). The number of carbonyl (C=O) groups excluding carboxylic acids is 2. The highest BCUT2D eigenvalue weighted by Crippen LogP contribution is 2.37. The Hall–Kier alpha value is -2.60. The van der Waals surface area contributed by atoms with Crippen LogP contribution in [0.2, 0.25) is 5.02 Å². The standard InChI is InChI=1S/C20H20ClFN2O3/c1-12-7-17(18(27-2)9-15(12)21)24-11-14(8-19(24)25)20(26)23-10-13-5-3-4-6-16(13)22/h3-7,9,14H,8,10-11H2,1-2H3,(H,23,26). The van der Waals surface area contributed by atoms with Gasteiger partial charge >= 0.3 is 0 Å². The highest BCUT2D eigenvalue weighted by Gasteiger charge is 2.36. The minimum atomic E-state index is -0.509. The van der Waals surface area contributed by atoms with E-state index >= 15 is 0 Å². The molecule has 1 atom stereocenters. The van der Waals surface area contributed by atoms with E-state index in [1.165, 1.54) is 18.1 Å². The Labute approximate surface area is 162 Å². The number of aryl methyl sites for hydroxylation is 1. The minimum absolute atomic E-state index is 0.0829. The minimum Gasteiger partial charge on any atom is -0.495 e. The predicted molar refractivity (Wildman–Crippen MR) is 101 cm³/mol. The fraction of sp³-hybridized carbons (Fsp3) is 0.300. The molecule has 1 saturated heterocycles. The number of ether oxygens (including phenoxy) is 1. The van der Waals surface area contributed by atoms with Crippen LogP contribution in [-0.2, 0) is 16.1 Å². The maximum atomic E-state index is 13.7. The summed E-state index contributed by atoms with van der Waals surface area (Å²) < 4.78 is 19.0. The third-order valence-electron chi connectivity index (χ3n) is 4.66. The number of hydrogen-bond acceptors (Lipinski definition) is 3. The van der Waals surface area contributed by atoms with Gasteiger partial charge in [0.1, 0.15) is 11.6 Å². The van der Waals surface area contributed by atoms with Crippen LogP contribution in [0.5, 0.6) is 5.75 Å². The Morgan fingerprint density at radius 3 is 2.81 bits per heavy atom. The molecule has 1 fully saturated rings. The van der Waals surface area contributed by atoms with Gasteiger partial charge in [-0.3, -0.25) is 9.59 Å². The largest absolute Gasteiger partial charge is 0.495 e. The van der Waals surface area contributed by atoms with Gasteiger partial charge in [-0.25, -0.2) is 4.39 Å². The van der Waals surface area contributed by atoms with Crippen molar-refractivity contribution in [2.24, 2.45) is 5.92 Å². The van der Waals surface area contributed by atoms with Gasteiger partial charge in [-0.2, -0.15) is 0 Å². The van der Waals surface area contributed by atoms with E-state index in [0.717, 1.165) is 5.56 Å². The number of rotatable bonds is 5. The van der Waals surface area contributed by atoms with Gasteiger partial charge in [0.15, 0.2) is 0 Å². The molecule has 0 spiro atoms. The first-order valence-electron chi connectivity index (χ1n) is 8.56. The molecule has 1 heterocycles. The van der Waals surface area contributed by atoms with E-state index in [0.29, 0.717) is 22.0 Å². The average molecular weight is 391 g/mol. The fourth-order valence-electron chi connectivity index (χ4n) is 3.11. The molecule has 2 aromatic rings. The first-order chi connectivity index (χ1) is 12.9. The topological polar surface area (TPSA) is 58.6 Å². The Morgan fingerprint density at radius 1 is 1.37 bits per heavy atom. The van der Waals surface area contributed by atoms with E-state index in [-0.39, 0.29) is 37.1 Å². The molecular weight excluding hydrogens is 371 g/mol. The Balaban J connectivity index is 1.71. The van der Waals surface area contributed by atoms with Crippen molar-refractivity contribution >= 4 is 29.1 Å². The monoisotopic (exact) mass is 390 g/mol. The van der Waals surface area contributed by atoms with E-state index in [4.69, 9.17) is 16.3 Å². The van der Waals surface area contributed by atoms with Crippen molar-refractivity contribution in [1.82, 2.24) is 5.32 Å². The van der Waals surface area contributed by atoms with Crippen molar-refractivity contribution in [2.45, 2.75) is 19.9 Å². The Morgan fingerprint density at radius 2 is 2.11 bits per heavy atom. The highest BCUT2D eigenvalue weighted by atomic mass is 35.5. The van der Waals surface area contributed by atoms with Crippen molar-refractivity contribution in [3.05, 3.63) is 58.4 Å². The zero-order valence-electron chi connectivity index (χ0n) is 15.1. The molecular formula is C20H20ClFN2O3. The van der Waals surface area contributed by atoms with Crippen LogP contribution < -0.4 is 15.0 Å². The molecule has 1 aliphatic heterocycles. The maximum Gasteiger partial charge on any atom is 0.227 e. The third-order valence-corrected chi connectivity index (χ3v) is 5.06. The van der Waals surface area contributed by atoms with Gasteiger partial charge in [0, 0.05) is 36.2 Å². The molecule has 27 heavy (non-hydrogen) atoms. The molecule has 0 radical (unpaired) electrons. The van der Waals surface area contributed by atoms with Crippen LogP contribution in [0.3, 0.4) is 0 Å². The molecule has 1 N–H and O–H groups in total. The lowest BCUT2D eigenvalue weighted by molar-refractivity contribution is -0.126. The number of carbonyl (C=O) groups is 2. The molecule has 5 nitrogen and oxygen atoms in total. The van der Waals surface area contributed by atoms with Crippen molar-refractivity contribution in [3.63, 3.8) is 0 Å². The van der Waals surface area contributed by atoms with Crippen LogP contribution in [0, 0.1) is 18.7 Å². The van der Waals surface area contributed by atoms with Gasteiger partial charge in [0.05, 0.1) is 18.7 Å². The molecule has 0 saturated carbocycles. The van der Waals surface area contributed by atoms with Crippen LogP contribution >= 0.6 is 11.6 Å². The summed E-state index contributed by atoms with van der Waals surface area (Å²) in [7, 11) is 1.50. The van der Waals surface area contributed by atoms with Gasteiger partial charge < -0.3 is 15.0 Å². The van der Waals surface area contributed by atoms with Gasteiger partial charge in [-0.05, 0) is 24.6 Å². The summed E-state index contributed by atoms with van der Waals surface area (Å²) in [4.78, 5) is 26.5. The summed E-state index contributed by atoms with van der Waals surface area (Å²) >= 11 is 6.12. The normalized spacial score (nSPS) is 16.5. The highest BCUT2D eigenvalue weighted by molar-refractivity contribution is 6.31. The van der Waals surface area contributed by atoms with Crippen molar-refractivity contribution in [2.75, 3.05) is 18.6 Å². The Kier molecular flexibility index (Phi) is 5.65. The van der Waals surface area contributed by atoms with E-state index in [2.05, 4.69) is 5.32 Å².